The van der Waals surface area contributed by atoms with Gasteiger partial charge in [-0.25, -0.2) is 0 Å². The van der Waals surface area contributed by atoms with Crippen LogP contribution in [-0.2, 0) is 0 Å². The van der Waals surface area contributed by atoms with E-state index >= 15 is 0 Å². The lowest BCUT2D eigenvalue weighted by atomic mass is 10.0. The lowest BCUT2D eigenvalue weighted by Gasteiger charge is -2.11. The van der Waals surface area contributed by atoms with Crippen molar-refractivity contribution in [1.29, 1.82) is 0 Å². The molecule has 2 aromatic carbocycles. The lowest BCUT2D eigenvalue weighted by molar-refractivity contribution is -0.274. The van der Waals surface area contributed by atoms with E-state index in [1.54, 1.807) is 24.3 Å². The number of ketones is 1. The van der Waals surface area contributed by atoms with E-state index in [1.165, 1.54) is 25.1 Å². The fourth-order valence-electron chi connectivity index (χ4n) is 1.83. The van der Waals surface area contributed by atoms with Gasteiger partial charge in [-0.1, -0.05) is 28.1 Å². The summed E-state index contributed by atoms with van der Waals surface area (Å²) in [4.78, 5) is 11.4. The highest BCUT2D eigenvalue weighted by Crippen LogP contribution is 2.30. The second-order valence-electron chi connectivity index (χ2n) is 4.36. The highest BCUT2D eigenvalue weighted by atomic mass is 79.9. The second kappa shape index (κ2) is 5.89. The van der Waals surface area contributed by atoms with Crippen molar-refractivity contribution in [2.45, 2.75) is 13.3 Å². The molecular formula is C15H10BrF3O2. The molecule has 0 bridgehead atoms. The number of carbonyl (C=O) groups is 1. The van der Waals surface area contributed by atoms with Gasteiger partial charge in [0.25, 0.3) is 0 Å². The maximum Gasteiger partial charge on any atom is 0.573 e. The van der Waals surface area contributed by atoms with Crippen LogP contribution in [0.3, 0.4) is 0 Å². The van der Waals surface area contributed by atoms with E-state index in [1.807, 2.05) is 0 Å². The van der Waals surface area contributed by atoms with Gasteiger partial charge in [0.1, 0.15) is 5.75 Å². The highest BCUT2D eigenvalue weighted by Gasteiger charge is 2.31. The average molecular weight is 359 g/mol. The first-order valence-electron chi connectivity index (χ1n) is 5.92. The van der Waals surface area contributed by atoms with E-state index in [9.17, 15) is 18.0 Å². The van der Waals surface area contributed by atoms with Gasteiger partial charge in [-0.15, -0.1) is 13.2 Å². The molecule has 0 spiro atoms. The van der Waals surface area contributed by atoms with E-state index in [2.05, 4.69) is 20.7 Å². The SMILES string of the molecule is CC(=O)c1cc(Br)cc(-c2cccc(OC(F)(F)F)c2)c1. The van der Waals surface area contributed by atoms with Gasteiger partial charge in [0.15, 0.2) is 5.78 Å². The zero-order valence-corrected chi connectivity index (χ0v) is 12.5. The van der Waals surface area contributed by atoms with Gasteiger partial charge in [0, 0.05) is 10.0 Å². The van der Waals surface area contributed by atoms with E-state index in [0.29, 0.717) is 21.2 Å². The smallest absolute Gasteiger partial charge is 0.406 e. The maximum absolute atomic E-state index is 12.2. The Morgan fingerprint density at radius 3 is 2.43 bits per heavy atom. The summed E-state index contributed by atoms with van der Waals surface area (Å²) in [5.41, 5.74) is 1.63. The number of carbonyl (C=O) groups excluding carboxylic acids is 1. The number of Topliss-reactive ketones (excluding diaryl/α,β-unsaturated/α-hetero) is 1. The Bertz CT molecular complexity index is 681. The maximum atomic E-state index is 12.2. The Labute approximate surface area is 127 Å². The average Bonchev–Trinajstić information content (AvgIpc) is 2.36. The van der Waals surface area contributed by atoms with Crippen LogP contribution in [-0.4, -0.2) is 12.1 Å². The molecule has 0 unspecified atom stereocenters. The third-order valence-corrected chi connectivity index (χ3v) is 3.16. The molecule has 6 heteroatoms. The van der Waals surface area contributed by atoms with Crippen molar-refractivity contribution in [3.63, 3.8) is 0 Å². The molecule has 0 heterocycles. The molecule has 21 heavy (non-hydrogen) atoms. The van der Waals surface area contributed by atoms with E-state index in [0.717, 1.165) is 0 Å². The van der Waals surface area contributed by atoms with Crippen molar-refractivity contribution in [3.8, 4) is 16.9 Å². The predicted molar refractivity (Wildman–Crippen MR) is 76.3 cm³/mol. The minimum absolute atomic E-state index is 0.125. The number of halogens is 4. The van der Waals surface area contributed by atoms with Crippen molar-refractivity contribution < 1.29 is 22.7 Å². The van der Waals surface area contributed by atoms with Gasteiger partial charge in [-0.2, -0.15) is 0 Å². The highest BCUT2D eigenvalue weighted by molar-refractivity contribution is 9.10. The van der Waals surface area contributed by atoms with Gasteiger partial charge >= 0.3 is 6.36 Å². The van der Waals surface area contributed by atoms with Crippen LogP contribution in [0.1, 0.15) is 17.3 Å². The Balaban J connectivity index is 2.42. The largest absolute Gasteiger partial charge is 0.573 e. The van der Waals surface area contributed by atoms with Crippen LogP contribution < -0.4 is 4.74 Å². The predicted octanol–water partition coefficient (Wildman–Crippen LogP) is 5.22. The van der Waals surface area contributed by atoms with Crippen molar-refractivity contribution in [2.75, 3.05) is 0 Å². The molecule has 2 rings (SSSR count). The number of hydrogen-bond donors (Lipinski definition) is 0. The summed E-state index contributed by atoms with van der Waals surface area (Å²) >= 11 is 3.28. The molecule has 0 aliphatic heterocycles. The van der Waals surface area contributed by atoms with E-state index in [-0.39, 0.29) is 11.5 Å². The Hall–Kier alpha value is -1.82. The van der Waals surface area contributed by atoms with Crippen molar-refractivity contribution in [1.82, 2.24) is 0 Å². The lowest BCUT2D eigenvalue weighted by Crippen LogP contribution is -2.17. The number of rotatable bonds is 3. The molecule has 0 fully saturated rings. The topological polar surface area (TPSA) is 26.3 Å². The minimum atomic E-state index is -4.74. The molecule has 0 aliphatic carbocycles. The van der Waals surface area contributed by atoms with E-state index in [4.69, 9.17) is 0 Å². The first kappa shape index (κ1) is 15.6. The molecule has 0 radical (unpaired) electrons. The van der Waals surface area contributed by atoms with E-state index < -0.39 is 6.36 Å². The summed E-state index contributed by atoms with van der Waals surface area (Å²) in [7, 11) is 0. The van der Waals surface area contributed by atoms with Crippen LogP contribution in [0.25, 0.3) is 11.1 Å². The normalized spacial score (nSPS) is 11.3. The van der Waals surface area contributed by atoms with Crippen LogP contribution in [0, 0.1) is 0 Å². The molecule has 2 aromatic rings. The molecule has 110 valence electrons. The third kappa shape index (κ3) is 4.32. The van der Waals surface area contributed by atoms with Crippen LogP contribution in [0.2, 0.25) is 0 Å². The Morgan fingerprint density at radius 2 is 1.81 bits per heavy atom. The number of ether oxygens (including phenoxy) is 1. The molecule has 0 saturated carbocycles. The summed E-state index contributed by atoms with van der Waals surface area (Å²) in [6.45, 7) is 1.43. The third-order valence-electron chi connectivity index (χ3n) is 2.71. The van der Waals surface area contributed by atoms with Gasteiger partial charge in [-0.05, 0) is 48.4 Å². The monoisotopic (exact) mass is 358 g/mol. The second-order valence-corrected chi connectivity index (χ2v) is 5.28. The first-order chi connectivity index (χ1) is 9.74. The number of alkyl halides is 3. The Morgan fingerprint density at radius 1 is 1.10 bits per heavy atom. The number of benzene rings is 2. The molecule has 0 N–H and O–H groups in total. The number of hydrogen-bond acceptors (Lipinski definition) is 2. The first-order valence-corrected chi connectivity index (χ1v) is 6.71. The summed E-state index contributed by atoms with van der Waals surface area (Å²) in [5.74, 6) is -0.426. The molecule has 0 saturated heterocycles. The van der Waals surface area contributed by atoms with Crippen molar-refractivity contribution in [3.05, 3.63) is 52.5 Å². The molecule has 2 nitrogen and oxygen atoms in total. The fraction of sp³-hybridized carbons (Fsp3) is 0.133. The fourth-order valence-corrected chi connectivity index (χ4v) is 2.33. The van der Waals surface area contributed by atoms with Crippen molar-refractivity contribution in [2.24, 2.45) is 0 Å². The minimum Gasteiger partial charge on any atom is -0.406 e. The summed E-state index contributed by atoms with van der Waals surface area (Å²) < 4.78 is 41.3. The summed E-state index contributed by atoms with van der Waals surface area (Å²) in [6, 6.07) is 10.6. The summed E-state index contributed by atoms with van der Waals surface area (Å²) in [6.07, 6.45) is -4.74. The van der Waals surface area contributed by atoms with Gasteiger partial charge in [-0.3, -0.25) is 4.79 Å². The zero-order valence-electron chi connectivity index (χ0n) is 10.9. The van der Waals surface area contributed by atoms with Gasteiger partial charge in [0.05, 0.1) is 0 Å². The zero-order chi connectivity index (χ0) is 15.6. The standard InChI is InChI=1S/C15H10BrF3O2/c1-9(20)11-5-12(7-13(16)6-11)10-3-2-4-14(8-10)21-15(17,18)19/h2-8H,1H3. The quantitative estimate of drug-likeness (QED) is 0.703. The van der Waals surface area contributed by atoms with Crippen LogP contribution >= 0.6 is 15.9 Å². The van der Waals surface area contributed by atoms with Crippen LogP contribution in [0.15, 0.2) is 46.9 Å². The van der Waals surface area contributed by atoms with Gasteiger partial charge in [0.2, 0.25) is 0 Å². The van der Waals surface area contributed by atoms with Gasteiger partial charge < -0.3 is 4.74 Å². The molecule has 0 amide bonds. The van der Waals surface area contributed by atoms with Crippen LogP contribution in [0.5, 0.6) is 5.75 Å². The molecule has 0 aliphatic rings. The molecule has 0 aromatic heterocycles. The van der Waals surface area contributed by atoms with Crippen molar-refractivity contribution >= 4 is 21.7 Å². The molecular weight excluding hydrogens is 349 g/mol. The Kier molecular flexibility index (Phi) is 4.37. The van der Waals surface area contributed by atoms with Crippen LogP contribution in [0.4, 0.5) is 13.2 Å². The summed E-state index contributed by atoms with van der Waals surface area (Å²) in [5, 5.41) is 0. The molecule has 0 atom stereocenters.